The molecule has 5 heteroatoms. The molecule has 3 aromatic carbocycles. The van der Waals surface area contributed by atoms with Crippen LogP contribution in [-0.4, -0.2) is 22.0 Å². The van der Waals surface area contributed by atoms with Crippen molar-refractivity contribution in [2.75, 3.05) is 0 Å². The molecule has 2 atom stereocenters. The summed E-state index contributed by atoms with van der Waals surface area (Å²) in [5, 5.41) is 3.12. The van der Waals surface area contributed by atoms with Gasteiger partial charge in [-0.1, -0.05) is 54.6 Å². The topological polar surface area (TPSA) is 67.0 Å². The van der Waals surface area contributed by atoms with Gasteiger partial charge in [0.05, 0.1) is 17.1 Å². The number of aromatic nitrogens is 2. The van der Waals surface area contributed by atoms with Crippen molar-refractivity contribution < 1.29 is 9.53 Å². The molecule has 0 saturated heterocycles. The molecule has 0 aliphatic heterocycles. The van der Waals surface area contributed by atoms with Gasteiger partial charge in [-0.05, 0) is 55.7 Å². The molecule has 0 bridgehead atoms. The predicted molar refractivity (Wildman–Crippen MR) is 118 cm³/mol. The Morgan fingerprint density at radius 1 is 1.03 bits per heavy atom. The summed E-state index contributed by atoms with van der Waals surface area (Å²) < 4.78 is 5.86. The summed E-state index contributed by atoms with van der Waals surface area (Å²) in [7, 11) is 0. The van der Waals surface area contributed by atoms with Crippen molar-refractivity contribution >= 4 is 16.9 Å². The lowest BCUT2D eigenvalue weighted by molar-refractivity contribution is -0.128. The van der Waals surface area contributed by atoms with Crippen molar-refractivity contribution in [3.8, 4) is 5.75 Å². The highest BCUT2D eigenvalue weighted by atomic mass is 16.5. The molecule has 30 heavy (non-hydrogen) atoms. The van der Waals surface area contributed by atoms with E-state index in [-0.39, 0.29) is 11.9 Å². The molecule has 0 fully saturated rings. The van der Waals surface area contributed by atoms with Crippen molar-refractivity contribution in [2.24, 2.45) is 0 Å². The molecule has 5 nitrogen and oxygen atoms in total. The Kier molecular flexibility index (Phi) is 5.80. The number of hydrogen-bond donors (Lipinski definition) is 2. The van der Waals surface area contributed by atoms with E-state index in [1.54, 1.807) is 6.92 Å². The number of rotatable bonds is 7. The zero-order valence-corrected chi connectivity index (χ0v) is 17.1. The van der Waals surface area contributed by atoms with E-state index in [9.17, 15) is 4.79 Å². The Bertz CT molecular complexity index is 1100. The van der Waals surface area contributed by atoms with Crippen LogP contribution in [-0.2, 0) is 11.2 Å². The number of aromatic amines is 1. The first-order chi connectivity index (χ1) is 14.6. The van der Waals surface area contributed by atoms with Crippen LogP contribution in [0.1, 0.15) is 29.9 Å². The lowest BCUT2D eigenvalue weighted by Crippen LogP contribution is -2.39. The van der Waals surface area contributed by atoms with Gasteiger partial charge >= 0.3 is 0 Å². The minimum absolute atomic E-state index is 0.183. The number of carbonyl (C=O) groups is 1. The molecule has 1 amide bonds. The number of benzene rings is 3. The molecule has 1 aromatic heterocycles. The third-order valence-corrected chi connectivity index (χ3v) is 5.01. The quantitative estimate of drug-likeness (QED) is 0.472. The molecule has 0 spiro atoms. The second-order valence-electron chi connectivity index (χ2n) is 7.47. The van der Waals surface area contributed by atoms with E-state index in [2.05, 4.69) is 22.4 Å². The van der Waals surface area contributed by atoms with E-state index in [1.807, 2.05) is 73.7 Å². The highest BCUT2D eigenvalue weighted by molar-refractivity contribution is 5.81. The number of fused-ring (bicyclic) bond motifs is 1. The average Bonchev–Trinajstić information content (AvgIpc) is 3.18. The fourth-order valence-electron chi connectivity index (χ4n) is 3.44. The van der Waals surface area contributed by atoms with Gasteiger partial charge in [0.15, 0.2) is 6.10 Å². The number of imidazole rings is 1. The Balaban J connectivity index is 1.54. The Labute approximate surface area is 176 Å². The van der Waals surface area contributed by atoms with Crippen LogP contribution in [0.3, 0.4) is 0 Å². The number of amides is 1. The molecule has 1 heterocycles. The van der Waals surface area contributed by atoms with Crippen molar-refractivity contribution in [3.63, 3.8) is 0 Å². The van der Waals surface area contributed by atoms with Crippen molar-refractivity contribution in [2.45, 2.75) is 32.4 Å². The maximum Gasteiger partial charge on any atom is 0.261 e. The standard InChI is InChI=1S/C25H25N3O2/c1-17-9-8-12-20(15-17)30-18(2)25(29)28-23(16-19-10-4-3-5-11-19)24-26-21-13-6-7-14-22(21)27-24/h3-15,18,23H,16H2,1-2H3,(H,26,27)(H,28,29)/t18-,23+/m1/s1. The number of nitrogens with one attached hydrogen (secondary N) is 2. The molecular formula is C25H25N3O2. The Hall–Kier alpha value is -3.60. The van der Waals surface area contributed by atoms with Gasteiger partial charge in [-0.25, -0.2) is 4.98 Å². The number of nitrogens with zero attached hydrogens (tertiary/aromatic N) is 1. The van der Waals surface area contributed by atoms with Crippen molar-refractivity contribution in [1.82, 2.24) is 15.3 Å². The minimum atomic E-state index is -0.630. The number of H-pyrrole nitrogens is 1. The van der Waals surface area contributed by atoms with Gasteiger partial charge in [0.1, 0.15) is 11.6 Å². The highest BCUT2D eigenvalue weighted by Crippen LogP contribution is 2.21. The van der Waals surface area contributed by atoms with Crippen LogP contribution < -0.4 is 10.1 Å². The summed E-state index contributed by atoms with van der Waals surface area (Å²) in [6.45, 7) is 3.75. The van der Waals surface area contributed by atoms with E-state index in [1.165, 1.54) is 0 Å². The van der Waals surface area contributed by atoms with E-state index in [0.717, 1.165) is 28.0 Å². The number of hydrogen-bond acceptors (Lipinski definition) is 3. The molecule has 0 aliphatic rings. The third kappa shape index (κ3) is 4.69. The van der Waals surface area contributed by atoms with Crippen LogP contribution in [0, 0.1) is 6.92 Å². The van der Waals surface area contributed by atoms with E-state index in [0.29, 0.717) is 12.2 Å². The summed E-state index contributed by atoms with van der Waals surface area (Å²) in [6, 6.07) is 25.3. The third-order valence-electron chi connectivity index (χ3n) is 5.01. The molecule has 0 unspecified atom stereocenters. The van der Waals surface area contributed by atoms with Gasteiger partial charge in [0.2, 0.25) is 0 Å². The SMILES string of the molecule is Cc1cccc(O[C@H](C)C(=O)N[C@@H](Cc2ccccc2)c2nc3ccccc3[nH]2)c1. The second kappa shape index (κ2) is 8.82. The summed E-state index contributed by atoms with van der Waals surface area (Å²) >= 11 is 0. The Morgan fingerprint density at radius 3 is 2.57 bits per heavy atom. The molecule has 0 aliphatic carbocycles. The first-order valence-electron chi connectivity index (χ1n) is 10.1. The first-order valence-corrected chi connectivity index (χ1v) is 10.1. The van der Waals surface area contributed by atoms with Gasteiger partial charge in [-0.15, -0.1) is 0 Å². The largest absolute Gasteiger partial charge is 0.481 e. The molecule has 4 rings (SSSR count). The number of carbonyl (C=O) groups excluding carboxylic acids is 1. The predicted octanol–water partition coefficient (Wildman–Crippen LogP) is 4.74. The van der Waals surface area contributed by atoms with E-state index in [4.69, 9.17) is 9.72 Å². The fraction of sp³-hybridized carbons (Fsp3) is 0.200. The molecular weight excluding hydrogens is 374 g/mol. The number of ether oxygens (including phenoxy) is 1. The minimum Gasteiger partial charge on any atom is -0.481 e. The van der Waals surface area contributed by atoms with Crippen LogP contribution in [0.5, 0.6) is 5.75 Å². The van der Waals surface area contributed by atoms with Gasteiger partial charge < -0.3 is 15.0 Å². The monoisotopic (exact) mass is 399 g/mol. The number of aryl methyl sites for hydroxylation is 1. The maximum absolute atomic E-state index is 12.9. The van der Waals surface area contributed by atoms with Crippen LogP contribution >= 0.6 is 0 Å². The zero-order chi connectivity index (χ0) is 20.9. The second-order valence-corrected chi connectivity index (χ2v) is 7.47. The van der Waals surface area contributed by atoms with E-state index < -0.39 is 6.10 Å². The first kappa shape index (κ1) is 19.7. The Morgan fingerprint density at radius 2 is 1.80 bits per heavy atom. The van der Waals surface area contributed by atoms with Crippen LogP contribution in [0.25, 0.3) is 11.0 Å². The zero-order valence-electron chi connectivity index (χ0n) is 17.1. The summed E-state index contributed by atoms with van der Waals surface area (Å²) in [6.07, 6.45) is -0.00160. The maximum atomic E-state index is 12.9. The molecule has 0 radical (unpaired) electrons. The average molecular weight is 399 g/mol. The lowest BCUT2D eigenvalue weighted by Gasteiger charge is -2.20. The highest BCUT2D eigenvalue weighted by Gasteiger charge is 2.23. The van der Waals surface area contributed by atoms with Crippen molar-refractivity contribution in [3.05, 3.63) is 95.8 Å². The van der Waals surface area contributed by atoms with Crippen LogP contribution in [0.15, 0.2) is 78.9 Å². The summed E-state index contributed by atoms with van der Waals surface area (Å²) in [4.78, 5) is 21.0. The van der Waals surface area contributed by atoms with E-state index >= 15 is 0 Å². The van der Waals surface area contributed by atoms with Crippen LogP contribution in [0.4, 0.5) is 0 Å². The number of para-hydroxylation sites is 2. The molecule has 152 valence electrons. The van der Waals surface area contributed by atoms with Gasteiger partial charge in [0.25, 0.3) is 5.91 Å². The lowest BCUT2D eigenvalue weighted by atomic mass is 10.1. The molecule has 0 saturated carbocycles. The molecule has 4 aromatic rings. The van der Waals surface area contributed by atoms with Gasteiger partial charge in [-0.2, -0.15) is 0 Å². The summed E-state index contributed by atoms with van der Waals surface area (Å²) in [5.41, 5.74) is 4.03. The smallest absolute Gasteiger partial charge is 0.261 e. The summed E-state index contributed by atoms with van der Waals surface area (Å²) in [5.74, 6) is 1.23. The van der Waals surface area contributed by atoms with Crippen molar-refractivity contribution in [1.29, 1.82) is 0 Å². The van der Waals surface area contributed by atoms with Gasteiger partial charge in [-0.3, -0.25) is 4.79 Å². The normalized spacial score (nSPS) is 13.0. The van der Waals surface area contributed by atoms with Crippen LogP contribution in [0.2, 0.25) is 0 Å². The molecule has 2 N–H and O–H groups in total. The van der Waals surface area contributed by atoms with Gasteiger partial charge in [0, 0.05) is 0 Å². The fourth-order valence-corrected chi connectivity index (χ4v) is 3.44.